The lowest BCUT2D eigenvalue weighted by molar-refractivity contribution is -0.0226. The van der Waals surface area contributed by atoms with Crippen LogP contribution in [0.5, 0.6) is 0 Å². The summed E-state index contributed by atoms with van der Waals surface area (Å²) >= 11 is 0. The van der Waals surface area contributed by atoms with Gasteiger partial charge in [-0.1, -0.05) is 46.8 Å². The standard InChI is InChI=1S/C14H26O/c1-10(2)13(5)8-7-11(3)14(6,9-15)12(13)4/h10,12,15H,3,7-9H2,1-2,4-6H3. The van der Waals surface area contributed by atoms with Gasteiger partial charge in [0, 0.05) is 5.41 Å². The van der Waals surface area contributed by atoms with E-state index in [-0.39, 0.29) is 12.0 Å². The van der Waals surface area contributed by atoms with E-state index in [4.69, 9.17) is 0 Å². The lowest BCUT2D eigenvalue weighted by Crippen LogP contribution is -2.47. The first kappa shape index (κ1) is 12.8. The minimum atomic E-state index is -0.0860. The van der Waals surface area contributed by atoms with E-state index < -0.39 is 0 Å². The van der Waals surface area contributed by atoms with Crippen LogP contribution in [0.2, 0.25) is 0 Å². The minimum Gasteiger partial charge on any atom is -0.395 e. The predicted octanol–water partition coefficient (Wildman–Crippen LogP) is 3.63. The Morgan fingerprint density at radius 3 is 2.40 bits per heavy atom. The summed E-state index contributed by atoms with van der Waals surface area (Å²) in [6.45, 7) is 15.8. The summed E-state index contributed by atoms with van der Waals surface area (Å²) in [4.78, 5) is 0. The second-order valence-corrected chi connectivity index (χ2v) is 6.06. The van der Waals surface area contributed by atoms with Crippen LogP contribution in [-0.4, -0.2) is 11.7 Å². The van der Waals surface area contributed by atoms with Crippen molar-refractivity contribution in [2.45, 2.75) is 47.5 Å². The van der Waals surface area contributed by atoms with Crippen molar-refractivity contribution >= 4 is 0 Å². The van der Waals surface area contributed by atoms with Crippen molar-refractivity contribution in [3.05, 3.63) is 12.2 Å². The Balaban J connectivity index is 3.06. The van der Waals surface area contributed by atoms with E-state index in [2.05, 4.69) is 41.2 Å². The van der Waals surface area contributed by atoms with E-state index in [1.54, 1.807) is 0 Å². The minimum absolute atomic E-state index is 0.0860. The Morgan fingerprint density at radius 1 is 1.47 bits per heavy atom. The molecule has 1 nitrogen and oxygen atoms in total. The first-order chi connectivity index (χ1) is 6.79. The van der Waals surface area contributed by atoms with Crippen molar-refractivity contribution in [2.75, 3.05) is 6.61 Å². The number of hydrogen-bond acceptors (Lipinski definition) is 1. The molecule has 1 aliphatic rings. The highest BCUT2D eigenvalue weighted by molar-refractivity contribution is 5.17. The molecule has 3 unspecified atom stereocenters. The maximum Gasteiger partial charge on any atom is 0.0524 e. The Bertz CT molecular complexity index is 256. The zero-order valence-electron chi connectivity index (χ0n) is 10.9. The molecule has 1 rings (SSSR count). The average Bonchev–Trinajstić information content (AvgIpc) is 2.20. The molecule has 0 bridgehead atoms. The van der Waals surface area contributed by atoms with Gasteiger partial charge in [-0.25, -0.2) is 0 Å². The predicted molar refractivity (Wildman–Crippen MR) is 65.7 cm³/mol. The van der Waals surface area contributed by atoms with Crippen LogP contribution in [0, 0.1) is 22.7 Å². The molecule has 1 saturated carbocycles. The van der Waals surface area contributed by atoms with Crippen molar-refractivity contribution in [2.24, 2.45) is 22.7 Å². The van der Waals surface area contributed by atoms with Crippen LogP contribution in [0.1, 0.15) is 47.5 Å². The number of aliphatic hydroxyl groups is 1. The average molecular weight is 210 g/mol. The van der Waals surface area contributed by atoms with Gasteiger partial charge >= 0.3 is 0 Å². The second-order valence-electron chi connectivity index (χ2n) is 6.06. The SMILES string of the molecule is C=C1CCC(C)(C(C)C)C(C)C1(C)CO. The Morgan fingerprint density at radius 2 is 2.00 bits per heavy atom. The summed E-state index contributed by atoms with van der Waals surface area (Å²) in [5.74, 6) is 1.16. The Hall–Kier alpha value is -0.300. The third-order valence-corrected chi connectivity index (χ3v) is 5.37. The highest BCUT2D eigenvalue weighted by Crippen LogP contribution is 2.55. The smallest absolute Gasteiger partial charge is 0.0524 e. The fraction of sp³-hybridized carbons (Fsp3) is 0.857. The van der Waals surface area contributed by atoms with Crippen molar-refractivity contribution in [3.8, 4) is 0 Å². The molecule has 0 saturated heterocycles. The fourth-order valence-electron chi connectivity index (χ4n) is 2.99. The highest BCUT2D eigenvalue weighted by atomic mass is 16.3. The third kappa shape index (κ3) is 1.75. The van der Waals surface area contributed by atoms with E-state index in [0.29, 0.717) is 17.3 Å². The van der Waals surface area contributed by atoms with E-state index in [0.717, 1.165) is 6.42 Å². The number of rotatable bonds is 2. The molecule has 0 aromatic rings. The molecule has 1 N–H and O–H groups in total. The van der Waals surface area contributed by atoms with Gasteiger partial charge in [-0.3, -0.25) is 0 Å². The Labute approximate surface area is 94.6 Å². The molecular weight excluding hydrogens is 184 g/mol. The maximum atomic E-state index is 9.64. The molecule has 0 aromatic heterocycles. The normalized spacial score (nSPS) is 42.3. The van der Waals surface area contributed by atoms with Gasteiger partial charge in [0.2, 0.25) is 0 Å². The summed E-state index contributed by atoms with van der Waals surface area (Å²) in [5, 5.41) is 9.64. The van der Waals surface area contributed by atoms with Gasteiger partial charge in [-0.05, 0) is 30.1 Å². The van der Waals surface area contributed by atoms with Gasteiger partial charge in [0.25, 0.3) is 0 Å². The van der Waals surface area contributed by atoms with Crippen LogP contribution >= 0.6 is 0 Å². The molecule has 1 fully saturated rings. The molecule has 1 heteroatoms. The zero-order chi connectivity index (χ0) is 11.9. The Kier molecular flexibility index (Phi) is 3.35. The maximum absolute atomic E-state index is 9.64. The van der Waals surface area contributed by atoms with Crippen LogP contribution in [-0.2, 0) is 0 Å². The topological polar surface area (TPSA) is 20.2 Å². The summed E-state index contributed by atoms with van der Waals surface area (Å²) in [7, 11) is 0. The summed E-state index contributed by atoms with van der Waals surface area (Å²) < 4.78 is 0. The van der Waals surface area contributed by atoms with Crippen LogP contribution in [0.15, 0.2) is 12.2 Å². The molecule has 0 amide bonds. The lowest BCUT2D eigenvalue weighted by Gasteiger charge is -2.53. The van der Waals surface area contributed by atoms with Crippen molar-refractivity contribution in [1.29, 1.82) is 0 Å². The van der Waals surface area contributed by atoms with E-state index in [1.165, 1.54) is 12.0 Å². The lowest BCUT2D eigenvalue weighted by atomic mass is 9.52. The highest BCUT2D eigenvalue weighted by Gasteiger charge is 2.49. The summed E-state index contributed by atoms with van der Waals surface area (Å²) in [6, 6.07) is 0. The summed E-state index contributed by atoms with van der Waals surface area (Å²) in [6.07, 6.45) is 2.27. The van der Waals surface area contributed by atoms with Gasteiger partial charge < -0.3 is 5.11 Å². The number of aliphatic hydroxyl groups excluding tert-OH is 1. The first-order valence-corrected chi connectivity index (χ1v) is 6.08. The fourth-order valence-corrected chi connectivity index (χ4v) is 2.99. The molecule has 1 aliphatic carbocycles. The molecule has 0 heterocycles. The molecule has 15 heavy (non-hydrogen) atoms. The molecule has 88 valence electrons. The van der Waals surface area contributed by atoms with Crippen LogP contribution in [0.4, 0.5) is 0 Å². The first-order valence-electron chi connectivity index (χ1n) is 6.08. The van der Waals surface area contributed by atoms with Gasteiger partial charge in [0.15, 0.2) is 0 Å². The van der Waals surface area contributed by atoms with Gasteiger partial charge in [0.1, 0.15) is 0 Å². The third-order valence-electron chi connectivity index (χ3n) is 5.37. The summed E-state index contributed by atoms with van der Waals surface area (Å²) in [5.41, 5.74) is 1.48. The molecule has 0 radical (unpaired) electrons. The number of hydrogen-bond donors (Lipinski definition) is 1. The van der Waals surface area contributed by atoms with E-state index in [1.807, 2.05) is 0 Å². The van der Waals surface area contributed by atoms with E-state index in [9.17, 15) is 5.11 Å². The second kappa shape index (κ2) is 3.93. The molecule has 3 atom stereocenters. The van der Waals surface area contributed by atoms with E-state index >= 15 is 0 Å². The van der Waals surface area contributed by atoms with Gasteiger partial charge in [-0.2, -0.15) is 0 Å². The molecular formula is C14H26O. The largest absolute Gasteiger partial charge is 0.395 e. The van der Waals surface area contributed by atoms with Crippen LogP contribution < -0.4 is 0 Å². The molecule has 0 spiro atoms. The molecule has 0 aromatic carbocycles. The molecule has 0 aliphatic heterocycles. The van der Waals surface area contributed by atoms with Crippen LogP contribution in [0.25, 0.3) is 0 Å². The van der Waals surface area contributed by atoms with Gasteiger partial charge in [0.05, 0.1) is 6.61 Å². The monoisotopic (exact) mass is 210 g/mol. The zero-order valence-corrected chi connectivity index (χ0v) is 10.9. The van der Waals surface area contributed by atoms with Crippen molar-refractivity contribution < 1.29 is 5.11 Å². The van der Waals surface area contributed by atoms with Crippen molar-refractivity contribution in [3.63, 3.8) is 0 Å². The van der Waals surface area contributed by atoms with Gasteiger partial charge in [-0.15, -0.1) is 0 Å². The van der Waals surface area contributed by atoms with Crippen molar-refractivity contribution in [1.82, 2.24) is 0 Å². The quantitative estimate of drug-likeness (QED) is 0.690. The van der Waals surface area contributed by atoms with Crippen LogP contribution in [0.3, 0.4) is 0 Å².